The topological polar surface area (TPSA) is 35.3 Å². The number of halogens is 1. The number of fused-ring (bicyclic) bond motifs is 1. The van der Waals surface area contributed by atoms with Gasteiger partial charge in [0.05, 0.1) is 6.61 Å². The van der Waals surface area contributed by atoms with E-state index in [0.717, 1.165) is 11.1 Å². The molecule has 14 heavy (non-hydrogen) atoms. The summed E-state index contributed by atoms with van der Waals surface area (Å²) in [6.45, 7) is 2.44. The number of alkyl halides is 1. The number of nitrogens with zero attached hydrogens (tertiary/aromatic N) is 1. The second-order valence-electron chi connectivity index (χ2n) is 2.85. The zero-order chi connectivity index (χ0) is 9.97. The molecule has 4 heteroatoms. The molecule has 0 aliphatic rings. The number of ether oxygens (including phenoxy) is 1. The minimum absolute atomic E-state index is 0.314. The summed E-state index contributed by atoms with van der Waals surface area (Å²) in [7, 11) is 0. The molecule has 74 valence electrons. The van der Waals surface area contributed by atoms with E-state index in [2.05, 4.69) is 4.98 Å². The van der Waals surface area contributed by atoms with Crippen LogP contribution in [0.4, 0.5) is 0 Å². The average molecular weight is 212 g/mol. The summed E-state index contributed by atoms with van der Waals surface area (Å²) >= 11 is 5.70. The molecule has 0 fully saturated rings. The normalized spacial score (nSPS) is 10.7. The third kappa shape index (κ3) is 1.68. The molecular formula is C10H10ClNO2. The van der Waals surface area contributed by atoms with Gasteiger partial charge in [0.15, 0.2) is 5.58 Å². The van der Waals surface area contributed by atoms with Crippen molar-refractivity contribution in [1.82, 2.24) is 4.98 Å². The number of aromatic nitrogens is 1. The Kier molecular flexibility index (Phi) is 2.59. The Hall–Kier alpha value is -1.22. The molecule has 0 aliphatic carbocycles. The van der Waals surface area contributed by atoms with E-state index < -0.39 is 0 Å². The van der Waals surface area contributed by atoms with Crippen molar-refractivity contribution >= 4 is 22.7 Å². The van der Waals surface area contributed by atoms with Crippen molar-refractivity contribution < 1.29 is 9.15 Å². The highest BCUT2D eigenvalue weighted by Crippen LogP contribution is 2.22. The van der Waals surface area contributed by atoms with Gasteiger partial charge in [-0.1, -0.05) is 6.07 Å². The van der Waals surface area contributed by atoms with Crippen LogP contribution >= 0.6 is 11.6 Å². The molecule has 3 nitrogen and oxygen atoms in total. The number of benzene rings is 1. The van der Waals surface area contributed by atoms with Crippen LogP contribution in [0.3, 0.4) is 0 Å². The Morgan fingerprint density at radius 3 is 3.07 bits per heavy atom. The van der Waals surface area contributed by atoms with E-state index >= 15 is 0 Å². The monoisotopic (exact) mass is 211 g/mol. The first-order chi connectivity index (χ1) is 6.83. The molecule has 0 spiro atoms. The maximum absolute atomic E-state index is 5.70. The number of hydrogen-bond donors (Lipinski definition) is 0. The number of oxazole rings is 1. The van der Waals surface area contributed by atoms with E-state index in [0.29, 0.717) is 24.1 Å². The standard InChI is InChI=1S/C10H10ClNO2/c1-2-13-10-12-8-4-3-7(6-11)5-9(8)14-10/h3-5H,2,6H2,1H3. The van der Waals surface area contributed by atoms with Crippen molar-refractivity contribution in [2.24, 2.45) is 0 Å². The molecule has 0 unspecified atom stereocenters. The van der Waals surface area contributed by atoms with Crippen LogP contribution in [0.1, 0.15) is 12.5 Å². The van der Waals surface area contributed by atoms with E-state index in [1.165, 1.54) is 0 Å². The smallest absolute Gasteiger partial charge is 0.394 e. The molecule has 0 saturated heterocycles. The van der Waals surface area contributed by atoms with E-state index in [4.69, 9.17) is 20.8 Å². The van der Waals surface area contributed by atoms with Crippen LogP contribution in [0.15, 0.2) is 22.6 Å². The summed E-state index contributed by atoms with van der Waals surface area (Å²) in [5.41, 5.74) is 2.52. The fourth-order valence-corrected chi connectivity index (χ4v) is 1.38. The van der Waals surface area contributed by atoms with Crippen molar-refractivity contribution in [2.75, 3.05) is 6.61 Å². The SMILES string of the molecule is CCOc1nc2ccc(CCl)cc2o1. The Balaban J connectivity index is 2.43. The van der Waals surface area contributed by atoms with Gasteiger partial charge in [0.2, 0.25) is 0 Å². The summed E-state index contributed by atoms with van der Waals surface area (Å²) in [4.78, 5) is 4.15. The molecule has 1 heterocycles. The second-order valence-corrected chi connectivity index (χ2v) is 3.12. The van der Waals surface area contributed by atoms with Crippen LogP contribution in [0.2, 0.25) is 0 Å². The summed E-state index contributed by atoms with van der Waals surface area (Å²) < 4.78 is 10.5. The lowest BCUT2D eigenvalue weighted by Gasteiger charge is -1.92. The van der Waals surface area contributed by atoms with Crippen molar-refractivity contribution in [2.45, 2.75) is 12.8 Å². The molecule has 0 bridgehead atoms. The van der Waals surface area contributed by atoms with Gasteiger partial charge in [0.1, 0.15) is 5.52 Å². The van der Waals surface area contributed by atoms with Crippen molar-refractivity contribution in [1.29, 1.82) is 0 Å². The van der Waals surface area contributed by atoms with Crippen molar-refractivity contribution in [3.05, 3.63) is 23.8 Å². The highest BCUT2D eigenvalue weighted by atomic mass is 35.5. The van der Waals surface area contributed by atoms with E-state index in [-0.39, 0.29) is 0 Å². The third-order valence-corrected chi connectivity index (χ3v) is 2.16. The molecule has 0 radical (unpaired) electrons. The zero-order valence-electron chi connectivity index (χ0n) is 7.79. The van der Waals surface area contributed by atoms with Crippen LogP contribution < -0.4 is 4.74 Å². The fourth-order valence-electron chi connectivity index (χ4n) is 1.22. The van der Waals surface area contributed by atoms with Gasteiger partial charge >= 0.3 is 6.08 Å². The van der Waals surface area contributed by atoms with Crippen molar-refractivity contribution in [3.63, 3.8) is 0 Å². The average Bonchev–Trinajstić information content (AvgIpc) is 2.59. The minimum atomic E-state index is 0.314. The van der Waals surface area contributed by atoms with Gasteiger partial charge in [0, 0.05) is 5.88 Å². The van der Waals surface area contributed by atoms with Crippen LogP contribution in [0.5, 0.6) is 6.08 Å². The highest BCUT2D eigenvalue weighted by Gasteiger charge is 2.06. The fraction of sp³-hybridized carbons (Fsp3) is 0.300. The molecule has 0 amide bonds. The largest absolute Gasteiger partial charge is 0.450 e. The lowest BCUT2D eigenvalue weighted by atomic mass is 10.2. The van der Waals surface area contributed by atoms with E-state index in [1.54, 1.807) is 0 Å². The van der Waals surface area contributed by atoms with Crippen LogP contribution in [0.25, 0.3) is 11.1 Å². The van der Waals surface area contributed by atoms with Gasteiger partial charge < -0.3 is 9.15 Å². The predicted molar refractivity (Wildman–Crippen MR) is 54.7 cm³/mol. The molecule has 0 aliphatic heterocycles. The summed E-state index contributed by atoms with van der Waals surface area (Å²) in [5.74, 6) is 0.473. The lowest BCUT2D eigenvalue weighted by Crippen LogP contribution is -1.89. The highest BCUT2D eigenvalue weighted by molar-refractivity contribution is 6.17. The summed E-state index contributed by atoms with van der Waals surface area (Å²) in [6.07, 6.45) is 0.314. The molecule has 0 N–H and O–H groups in total. The quantitative estimate of drug-likeness (QED) is 0.733. The van der Waals surface area contributed by atoms with Gasteiger partial charge in [-0.25, -0.2) is 0 Å². The lowest BCUT2D eigenvalue weighted by molar-refractivity contribution is 0.251. The Morgan fingerprint density at radius 2 is 2.36 bits per heavy atom. The van der Waals surface area contributed by atoms with Gasteiger partial charge in [-0.05, 0) is 24.6 Å². The van der Waals surface area contributed by atoms with Gasteiger partial charge in [-0.15, -0.1) is 11.6 Å². The maximum Gasteiger partial charge on any atom is 0.394 e. The number of rotatable bonds is 3. The second kappa shape index (κ2) is 3.88. The molecule has 1 aromatic carbocycles. The van der Waals surface area contributed by atoms with Crippen LogP contribution in [-0.4, -0.2) is 11.6 Å². The Bertz CT molecular complexity index is 439. The molecule has 2 rings (SSSR count). The first kappa shape index (κ1) is 9.34. The molecule has 2 aromatic rings. The van der Waals surface area contributed by atoms with Crippen LogP contribution in [0, 0.1) is 0 Å². The van der Waals surface area contributed by atoms with Gasteiger partial charge in [-0.2, -0.15) is 4.98 Å². The first-order valence-corrected chi connectivity index (χ1v) is 4.95. The minimum Gasteiger partial charge on any atom is -0.450 e. The van der Waals surface area contributed by atoms with Gasteiger partial charge in [-0.3, -0.25) is 0 Å². The summed E-state index contributed by atoms with van der Waals surface area (Å²) in [5, 5.41) is 0. The van der Waals surface area contributed by atoms with Crippen LogP contribution in [-0.2, 0) is 5.88 Å². The Labute approximate surface area is 86.6 Å². The molecule has 0 saturated carbocycles. The van der Waals surface area contributed by atoms with E-state index in [1.807, 2.05) is 25.1 Å². The Morgan fingerprint density at radius 1 is 1.50 bits per heavy atom. The third-order valence-electron chi connectivity index (χ3n) is 1.86. The van der Waals surface area contributed by atoms with E-state index in [9.17, 15) is 0 Å². The molecular weight excluding hydrogens is 202 g/mol. The number of hydrogen-bond acceptors (Lipinski definition) is 3. The molecule has 1 aromatic heterocycles. The maximum atomic E-state index is 5.70. The van der Waals surface area contributed by atoms with Gasteiger partial charge in [0.25, 0.3) is 0 Å². The zero-order valence-corrected chi connectivity index (χ0v) is 8.54. The summed E-state index contributed by atoms with van der Waals surface area (Å²) in [6, 6.07) is 5.67. The first-order valence-electron chi connectivity index (χ1n) is 4.41. The molecule has 0 atom stereocenters. The van der Waals surface area contributed by atoms with Crippen molar-refractivity contribution in [3.8, 4) is 6.08 Å². The predicted octanol–water partition coefficient (Wildman–Crippen LogP) is 2.97.